The molecule has 0 radical (unpaired) electrons. The van der Waals surface area contributed by atoms with Gasteiger partial charge in [-0.1, -0.05) is 30.5 Å². The smallest absolute Gasteiger partial charge is 0.324 e. The third-order valence-electron chi connectivity index (χ3n) is 5.65. The Hall–Kier alpha value is -1.54. The van der Waals surface area contributed by atoms with Gasteiger partial charge < -0.3 is 4.74 Å². The van der Waals surface area contributed by atoms with E-state index in [0.29, 0.717) is 18.4 Å². The van der Waals surface area contributed by atoms with Crippen LogP contribution >= 0.6 is 8.46 Å². The monoisotopic (exact) mass is 376 g/mol. The summed E-state index contributed by atoms with van der Waals surface area (Å²) in [7, 11) is -0.359. The number of aryl methyl sites for hydroxylation is 3. The van der Waals surface area contributed by atoms with Crippen molar-refractivity contribution >= 4 is 20.2 Å². The van der Waals surface area contributed by atoms with Gasteiger partial charge in [0.2, 0.25) is 0 Å². The normalized spacial score (nSPS) is 18.7. The molecule has 1 unspecified atom stereocenters. The standard InChI is InChI=1S/C21H29O4P/c1-13(2)25-19(23)20(6,26-24)21(9-7-8-10-21)18(22)17-15(4)11-14(3)12-16(17)5/h11-13H,7-10H2,1-6H3. The van der Waals surface area contributed by atoms with E-state index in [1.165, 1.54) is 0 Å². The molecule has 5 heteroatoms. The molecule has 1 saturated carbocycles. The van der Waals surface area contributed by atoms with Gasteiger partial charge in [-0.25, -0.2) is 0 Å². The average Bonchev–Trinajstić information content (AvgIpc) is 3.03. The Morgan fingerprint density at radius 3 is 2.04 bits per heavy atom. The number of Topliss-reactive ketones (excluding diaryl/α,β-unsaturated/α-hetero) is 1. The molecule has 26 heavy (non-hydrogen) atoms. The molecule has 4 nitrogen and oxygen atoms in total. The number of benzene rings is 1. The van der Waals surface area contributed by atoms with E-state index in [4.69, 9.17) is 4.74 Å². The van der Waals surface area contributed by atoms with Crippen molar-refractivity contribution in [3.05, 3.63) is 34.4 Å². The van der Waals surface area contributed by atoms with Crippen molar-refractivity contribution in [2.24, 2.45) is 5.41 Å². The lowest BCUT2D eigenvalue weighted by Crippen LogP contribution is -2.52. The highest BCUT2D eigenvalue weighted by atomic mass is 31.1. The van der Waals surface area contributed by atoms with Crippen LogP contribution in [0.3, 0.4) is 0 Å². The van der Waals surface area contributed by atoms with Crippen LogP contribution in [0.1, 0.15) is 73.5 Å². The first-order chi connectivity index (χ1) is 12.1. The van der Waals surface area contributed by atoms with Gasteiger partial charge in [-0.15, -0.1) is 0 Å². The SMILES string of the molecule is Cc1cc(C)c(C(=O)C2(C(C)(P=O)C(=O)OC(C)C)CCCC2)c(C)c1. The minimum absolute atomic E-state index is 0.0726. The molecule has 0 saturated heterocycles. The summed E-state index contributed by atoms with van der Waals surface area (Å²) >= 11 is 0. The molecule has 1 aliphatic carbocycles. The summed E-state index contributed by atoms with van der Waals surface area (Å²) in [6, 6.07) is 3.98. The highest BCUT2D eigenvalue weighted by Gasteiger charge is 2.61. The van der Waals surface area contributed by atoms with Crippen molar-refractivity contribution in [3.63, 3.8) is 0 Å². The molecule has 1 aromatic rings. The minimum atomic E-state index is -1.38. The van der Waals surface area contributed by atoms with Crippen LogP contribution in [0.25, 0.3) is 0 Å². The van der Waals surface area contributed by atoms with Crippen molar-refractivity contribution in [1.29, 1.82) is 0 Å². The van der Waals surface area contributed by atoms with Crippen LogP contribution in [0.5, 0.6) is 0 Å². The van der Waals surface area contributed by atoms with Crippen LogP contribution in [0.15, 0.2) is 12.1 Å². The van der Waals surface area contributed by atoms with Crippen molar-refractivity contribution in [2.75, 3.05) is 0 Å². The van der Waals surface area contributed by atoms with Gasteiger partial charge in [0.25, 0.3) is 0 Å². The first-order valence-electron chi connectivity index (χ1n) is 9.27. The molecule has 0 heterocycles. The van der Waals surface area contributed by atoms with E-state index in [1.54, 1.807) is 20.8 Å². The van der Waals surface area contributed by atoms with Crippen molar-refractivity contribution in [1.82, 2.24) is 0 Å². The molecule has 1 aliphatic rings. The Kier molecular flexibility index (Phi) is 6.07. The van der Waals surface area contributed by atoms with Crippen LogP contribution in [0.4, 0.5) is 0 Å². The zero-order chi connectivity index (χ0) is 19.7. The largest absolute Gasteiger partial charge is 0.462 e. The number of carbonyl (C=O) groups is 2. The Morgan fingerprint density at radius 2 is 1.62 bits per heavy atom. The number of hydrogen-bond acceptors (Lipinski definition) is 4. The molecule has 0 N–H and O–H groups in total. The molecular weight excluding hydrogens is 347 g/mol. The van der Waals surface area contributed by atoms with Crippen LogP contribution in [0, 0.1) is 26.2 Å². The number of rotatable bonds is 6. The Balaban J connectivity index is 2.61. The predicted molar refractivity (Wildman–Crippen MR) is 103 cm³/mol. The molecule has 2 rings (SSSR count). The summed E-state index contributed by atoms with van der Waals surface area (Å²) in [6.07, 6.45) is 2.47. The maximum absolute atomic E-state index is 13.8. The number of ketones is 1. The van der Waals surface area contributed by atoms with Gasteiger partial charge in [-0.2, -0.15) is 0 Å². The molecule has 0 spiro atoms. The van der Waals surface area contributed by atoms with Gasteiger partial charge in [-0.05, 0) is 65.5 Å². The number of ether oxygens (including phenoxy) is 1. The number of esters is 1. The van der Waals surface area contributed by atoms with Gasteiger partial charge in [-0.3, -0.25) is 14.2 Å². The fourth-order valence-corrected chi connectivity index (χ4v) is 4.97. The second kappa shape index (κ2) is 7.60. The molecule has 1 fully saturated rings. The van der Waals surface area contributed by atoms with E-state index >= 15 is 0 Å². The van der Waals surface area contributed by atoms with Gasteiger partial charge in [0.15, 0.2) is 19.4 Å². The van der Waals surface area contributed by atoms with E-state index in [1.807, 2.05) is 32.9 Å². The second-order valence-electron chi connectivity index (χ2n) is 8.01. The van der Waals surface area contributed by atoms with Crippen LogP contribution in [0.2, 0.25) is 0 Å². The van der Waals surface area contributed by atoms with Crippen molar-refractivity contribution in [3.8, 4) is 0 Å². The lowest BCUT2D eigenvalue weighted by molar-refractivity contribution is -0.153. The molecule has 0 bridgehead atoms. The lowest BCUT2D eigenvalue weighted by atomic mass is 9.67. The summed E-state index contributed by atoms with van der Waals surface area (Å²) in [5.74, 6) is -0.626. The first-order valence-corrected chi connectivity index (χ1v) is 10.1. The second-order valence-corrected chi connectivity index (χ2v) is 9.09. The van der Waals surface area contributed by atoms with E-state index < -0.39 is 16.5 Å². The topological polar surface area (TPSA) is 60.4 Å². The Labute approximate surface area is 157 Å². The highest BCUT2D eigenvalue weighted by Crippen LogP contribution is 2.55. The molecule has 1 atom stereocenters. The molecule has 142 valence electrons. The molecule has 1 aromatic carbocycles. The van der Waals surface area contributed by atoms with E-state index in [2.05, 4.69) is 0 Å². The average molecular weight is 376 g/mol. The maximum Gasteiger partial charge on any atom is 0.324 e. The Bertz CT molecular complexity index is 709. The van der Waals surface area contributed by atoms with E-state index in [0.717, 1.165) is 29.5 Å². The summed E-state index contributed by atoms with van der Waals surface area (Å²) < 4.78 is 17.7. The van der Waals surface area contributed by atoms with Gasteiger partial charge in [0.05, 0.1) is 11.5 Å². The number of hydrogen-bond donors (Lipinski definition) is 0. The van der Waals surface area contributed by atoms with Crippen molar-refractivity contribution < 1.29 is 18.9 Å². The zero-order valence-corrected chi connectivity index (χ0v) is 17.5. The molecule has 0 aromatic heterocycles. The molecule has 0 aliphatic heterocycles. The van der Waals surface area contributed by atoms with Crippen LogP contribution in [-0.2, 0) is 14.1 Å². The quantitative estimate of drug-likeness (QED) is 0.381. The van der Waals surface area contributed by atoms with Gasteiger partial charge in [0, 0.05) is 5.56 Å². The molecule has 0 amide bonds. The fourth-order valence-electron chi connectivity index (χ4n) is 4.34. The highest BCUT2D eigenvalue weighted by molar-refractivity contribution is 7.28. The lowest BCUT2D eigenvalue weighted by Gasteiger charge is -2.39. The van der Waals surface area contributed by atoms with E-state index in [-0.39, 0.29) is 20.3 Å². The summed E-state index contributed by atoms with van der Waals surface area (Å²) in [4.78, 5) is 26.6. The third kappa shape index (κ3) is 3.36. The fraction of sp³-hybridized carbons (Fsp3) is 0.619. The summed E-state index contributed by atoms with van der Waals surface area (Å²) in [5.41, 5.74) is 2.57. The summed E-state index contributed by atoms with van der Waals surface area (Å²) in [6.45, 7) is 11.0. The van der Waals surface area contributed by atoms with Crippen LogP contribution in [-0.4, -0.2) is 23.0 Å². The zero-order valence-electron chi connectivity index (χ0n) is 16.6. The maximum atomic E-state index is 13.8. The van der Waals surface area contributed by atoms with E-state index in [9.17, 15) is 14.2 Å². The van der Waals surface area contributed by atoms with Crippen molar-refractivity contribution in [2.45, 2.75) is 78.5 Å². The summed E-state index contributed by atoms with van der Waals surface area (Å²) in [5, 5.41) is -1.38. The van der Waals surface area contributed by atoms with Crippen LogP contribution < -0.4 is 0 Å². The number of carbonyl (C=O) groups excluding carboxylic acids is 2. The van der Waals surface area contributed by atoms with Gasteiger partial charge in [0.1, 0.15) is 0 Å². The Morgan fingerprint density at radius 1 is 1.12 bits per heavy atom. The van der Waals surface area contributed by atoms with Gasteiger partial charge >= 0.3 is 5.97 Å². The first kappa shape index (κ1) is 20.8. The third-order valence-corrected chi connectivity index (χ3v) is 6.63. The molecular formula is C21H29O4P. The minimum Gasteiger partial charge on any atom is -0.462 e. The predicted octanol–water partition coefficient (Wildman–Crippen LogP) is 5.36.